The Balaban J connectivity index is 2.15. The lowest BCUT2D eigenvalue weighted by Gasteiger charge is -2.14. The lowest BCUT2D eigenvalue weighted by molar-refractivity contribution is 0.864. The fourth-order valence-corrected chi connectivity index (χ4v) is 2.85. The third kappa shape index (κ3) is 3.10. The summed E-state index contributed by atoms with van der Waals surface area (Å²) >= 11 is 3.92. The van der Waals surface area contributed by atoms with E-state index in [4.69, 9.17) is 5.73 Å². The van der Waals surface area contributed by atoms with Gasteiger partial charge < -0.3 is 11.1 Å². The molecular formula is C12H14IN3S. The van der Waals surface area contributed by atoms with Crippen LogP contribution in [0, 0.1) is 10.5 Å². The number of nitrogen functional groups attached to an aromatic ring is 1. The largest absolute Gasteiger partial charge is 0.397 e. The van der Waals surface area contributed by atoms with Gasteiger partial charge >= 0.3 is 0 Å². The van der Waals surface area contributed by atoms with Crippen LogP contribution in [0.1, 0.15) is 23.7 Å². The number of aryl methyl sites for hydroxylation is 1. The molecule has 0 amide bonds. The predicted molar refractivity (Wildman–Crippen MR) is 82.5 cm³/mol. The number of benzene rings is 1. The zero-order chi connectivity index (χ0) is 12.4. The first-order valence-electron chi connectivity index (χ1n) is 5.30. The van der Waals surface area contributed by atoms with Crippen LogP contribution >= 0.6 is 33.9 Å². The molecule has 0 radical (unpaired) electrons. The maximum atomic E-state index is 5.97. The van der Waals surface area contributed by atoms with Crippen molar-refractivity contribution in [2.75, 3.05) is 11.1 Å². The van der Waals surface area contributed by atoms with Gasteiger partial charge in [0, 0.05) is 14.6 Å². The molecule has 2 rings (SSSR count). The highest BCUT2D eigenvalue weighted by atomic mass is 127. The number of nitrogens with two attached hydrogens (primary N) is 1. The van der Waals surface area contributed by atoms with E-state index in [0.717, 1.165) is 25.6 Å². The summed E-state index contributed by atoms with van der Waals surface area (Å²) < 4.78 is 1.14. The van der Waals surface area contributed by atoms with Gasteiger partial charge in [-0.3, -0.25) is 0 Å². The molecule has 1 aromatic carbocycles. The first-order valence-corrected chi connectivity index (χ1v) is 7.25. The van der Waals surface area contributed by atoms with Crippen molar-refractivity contribution in [3.63, 3.8) is 0 Å². The van der Waals surface area contributed by atoms with Crippen LogP contribution in [-0.4, -0.2) is 4.98 Å². The molecule has 0 saturated heterocycles. The van der Waals surface area contributed by atoms with Crippen molar-refractivity contribution in [1.82, 2.24) is 4.98 Å². The molecule has 1 unspecified atom stereocenters. The number of hydrogen-bond donors (Lipinski definition) is 2. The van der Waals surface area contributed by atoms with Crippen LogP contribution in [-0.2, 0) is 0 Å². The normalized spacial score (nSPS) is 12.4. The predicted octanol–water partition coefficient (Wildman–Crippen LogP) is 3.81. The van der Waals surface area contributed by atoms with Gasteiger partial charge in [0.1, 0.15) is 5.01 Å². The van der Waals surface area contributed by atoms with Crippen LogP contribution in [0.3, 0.4) is 0 Å². The Morgan fingerprint density at radius 2 is 2.24 bits per heavy atom. The molecule has 0 spiro atoms. The van der Waals surface area contributed by atoms with Crippen LogP contribution in [0.15, 0.2) is 23.6 Å². The van der Waals surface area contributed by atoms with Crippen LogP contribution in [0.25, 0.3) is 0 Å². The van der Waals surface area contributed by atoms with Crippen LogP contribution in [0.5, 0.6) is 0 Å². The van der Waals surface area contributed by atoms with Gasteiger partial charge in [0.15, 0.2) is 0 Å². The van der Waals surface area contributed by atoms with E-state index >= 15 is 0 Å². The molecule has 5 heteroatoms. The van der Waals surface area contributed by atoms with Gasteiger partial charge in [-0.2, -0.15) is 0 Å². The standard InChI is InChI=1S/C12H14IN3S/c1-7-6-17-12(15-7)8(2)16-11-4-3-9(13)5-10(11)14/h3-6,8,16H,14H2,1-2H3. The molecule has 0 aliphatic rings. The van der Waals surface area contributed by atoms with Gasteiger partial charge in [-0.25, -0.2) is 4.98 Å². The summed E-state index contributed by atoms with van der Waals surface area (Å²) in [6.07, 6.45) is 0. The molecule has 0 fully saturated rings. The molecule has 0 aliphatic heterocycles. The second kappa shape index (κ2) is 5.22. The number of nitrogens with one attached hydrogen (secondary N) is 1. The number of thiazole rings is 1. The number of halogens is 1. The van der Waals surface area contributed by atoms with Crippen molar-refractivity contribution >= 4 is 45.3 Å². The highest BCUT2D eigenvalue weighted by Crippen LogP contribution is 2.27. The highest BCUT2D eigenvalue weighted by molar-refractivity contribution is 14.1. The lowest BCUT2D eigenvalue weighted by atomic mass is 10.2. The Bertz CT molecular complexity index is 524. The summed E-state index contributed by atoms with van der Waals surface area (Å²) in [5.74, 6) is 0. The van der Waals surface area contributed by atoms with Crippen molar-refractivity contribution in [2.45, 2.75) is 19.9 Å². The van der Waals surface area contributed by atoms with E-state index in [1.807, 2.05) is 25.1 Å². The quantitative estimate of drug-likeness (QED) is 0.647. The maximum Gasteiger partial charge on any atom is 0.115 e. The van der Waals surface area contributed by atoms with Gasteiger partial charge in [0.25, 0.3) is 0 Å². The van der Waals surface area contributed by atoms with Crippen molar-refractivity contribution < 1.29 is 0 Å². The summed E-state index contributed by atoms with van der Waals surface area (Å²) in [5.41, 5.74) is 8.77. The number of nitrogens with zero attached hydrogens (tertiary/aromatic N) is 1. The van der Waals surface area contributed by atoms with Crippen LogP contribution in [0.4, 0.5) is 11.4 Å². The molecular weight excluding hydrogens is 345 g/mol. The zero-order valence-electron chi connectivity index (χ0n) is 9.70. The first-order chi connectivity index (χ1) is 8.06. The van der Waals surface area contributed by atoms with Crippen LogP contribution < -0.4 is 11.1 Å². The molecule has 0 saturated carbocycles. The fourth-order valence-electron chi connectivity index (χ4n) is 1.53. The summed E-state index contributed by atoms with van der Waals surface area (Å²) in [6.45, 7) is 4.10. The molecule has 1 aromatic heterocycles. The molecule has 1 heterocycles. The van der Waals surface area contributed by atoms with E-state index in [9.17, 15) is 0 Å². The fraction of sp³-hybridized carbons (Fsp3) is 0.250. The van der Waals surface area contributed by atoms with E-state index in [2.05, 4.69) is 45.2 Å². The summed E-state index contributed by atoms with van der Waals surface area (Å²) in [7, 11) is 0. The molecule has 3 N–H and O–H groups in total. The van der Waals surface area contributed by atoms with E-state index in [-0.39, 0.29) is 6.04 Å². The molecule has 3 nitrogen and oxygen atoms in total. The molecule has 0 bridgehead atoms. The average molecular weight is 359 g/mol. The van der Waals surface area contributed by atoms with Gasteiger partial charge in [-0.15, -0.1) is 11.3 Å². The zero-order valence-corrected chi connectivity index (χ0v) is 12.7. The van der Waals surface area contributed by atoms with Crippen molar-refractivity contribution in [3.05, 3.63) is 37.9 Å². The number of rotatable bonds is 3. The number of aromatic nitrogens is 1. The second-order valence-electron chi connectivity index (χ2n) is 3.92. The van der Waals surface area contributed by atoms with Crippen molar-refractivity contribution in [1.29, 1.82) is 0 Å². The SMILES string of the molecule is Cc1csc(C(C)Nc2ccc(I)cc2N)n1. The van der Waals surface area contributed by atoms with E-state index in [0.29, 0.717) is 0 Å². The third-order valence-electron chi connectivity index (χ3n) is 2.39. The minimum absolute atomic E-state index is 0.177. The molecule has 1 atom stereocenters. The van der Waals surface area contributed by atoms with Crippen molar-refractivity contribution in [3.8, 4) is 0 Å². The van der Waals surface area contributed by atoms with Gasteiger partial charge in [0.2, 0.25) is 0 Å². The average Bonchev–Trinajstić information content (AvgIpc) is 2.69. The smallest absolute Gasteiger partial charge is 0.115 e. The summed E-state index contributed by atoms with van der Waals surface area (Å²) in [4.78, 5) is 4.47. The third-order valence-corrected chi connectivity index (χ3v) is 4.21. The number of hydrogen-bond acceptors (Lipinski definition) is 4. The van der Waals surface area contributed by atoms with Gasteiger partial charge in [-0.1, -0.05) is 0 Å². The van der Waals surface area contributed by atoms with Crippen molar-refractivity contribution in [2.24, 2.45) is 0 Å². The highest BCUT2D eigenvalue weighted by Gasteiger charge is 2.10. The molecule has 0 aliphatic carbocycles. The molecule has 2 aromatic rings. The Morgan fingerprint density at radius 3 is 2.82 bits per heavy atom. The Kier molecular flexibility index (Phi) is 3.88. The Morgan fingerprint density at radius 1 is 1.47 bits per heavy atom. The monoisotopic (exact) mass is 359 g/mol. The molecule has 90 valence electrons. The second-order valence-corrected chi connectivity index (χ2v) is 6.06. The lowest BCUT2D eigenvalue weighted by Crippen LogP contribution is -2.08. The van der Waals surface area contributed by atoms with E-state index in [1.165, 1.54) is 0 Å². The first kappa shape index (κ1) is 12.6. The Hall–Kier alpha value is -0.820. The van der Waals surface area contributed by atoms with Crippen LogP contribution in [0.2, 0.25) is 0 Å². The minimum Gasteiger partial charge on any atom is -0.397 e. The van der Waals surface area contributed by atoms with Gasteiger partial charge in [0.05, 0.1) is 17.4 Å². The van der Waals surface area contributed by atoms with E-state index < -0.39 is 0 Å². The van der Waals surface area contributed by atoms with Gasteiger partial charge in [-0.05, 0) is 54.6 Å². The maximum absolute atomic E-state index is 5.97. The summed E-state index contributed by atoms with van der Waals surface area (Å²) in [5, 5.41) is 6.53. The Labute approximate surface area is 119 Å². The minimum atomic E-state index is 0.177. The van der Waals surface area contributed by atoms with E-state index in [1.54, 1.807) is 11.3 Å². The number of anilines is 2. The molecule has 17 heavy (non-hydrogen) atoms. The summed E-state index contributed by atoms with van der Waals surface area (Å²) in [6, 6.07) is 6.19. The topological polar surface area (TPSA) is 50.9 Å².